The number of hydrogen-bond acceptors (Lipinski definition) is 2. The maximum atomic E-state index is 8.77. The van der Waals surface area contributed by atoms with Crippen LogP contribution in [-0.2, 0) is 6.42 Å². The van der Waals surface area contributed by atoms with Gasteiger partial charge in [-0.25, -0.2) is 0 Å². The van der Waals surface area contributed by atoms with E-state index in [4.69, 9.17) is 10.8 Å². The first-order valence-corrected chi connectivity index (χ1v) is 5.52. The van der Waals surface area contributed by atoms with Crippen molar-refractivity contribution >= 4 is 31.9 Å². The SMILES string of the molecule is NC(CO)Cc1ccc(Br)c(Br)c1. The lowest BCUT2D eigenvalue weighted by Crippen LogP contribution is -2.26. The minimum atomic E-state index is -0.173. The van der Waals surface area contributed by atoms with Crippen LogP contribution >= 0.6 is 31.9 Å². The van der Waals surface area contributed by atoms with Gasteiger partial charge in [0.25, 0.3) is 0 Å². The number of nitrogens with two attached hydrogens (primary N) is 1. The topological polar surface area (TPSA) is 46.2 Å². The second-order valence-electron chi connectivity index (χ2n) is 2.90. The molecule has 2 nitrogen and oxygen atoms in total. The molecular formula is C9H11Br2NO. The van der Waals surface area contributed by atoms with Crippen LogP contribution in [0, 0.1) is 0 Å². The molecule has 0 radical (unpaired) electrons. The average molecular weight is 309 g/mol. The average Bonchev–Trinajstić information content (AvgIpc) is 2.11. The Kier molecular flexibility index (Phi) is 4.38. The Labute approximate surface area is 94.4 Å². The van der Waals surface area contributed by atoms with E-state index in [1.165, 1.54) is 0 Å². The minimum Gasteiger partial charge on any atom is -0.395 e. The predicted octanol–water partition coefficient (Wildman–Crippen LogP) is 2.07. The van der Waals surface area contributed by atoms with Gasteiger partial charge in [0.2, 0.25) is 0 Å². The molecule has 0 heterocycles. The van der Waals surface area contributed by atoms with Gasteiger partial charge in [-0.15, -0.1) is 0 Å². The number of halogens is 2. The fourth-order valence-electron chi connectivity index (χ4n) is 1.03. The Morgan fingerprint density at radius 3 is 2.54 bits per heavy atom. The van der Waals surface area contributed by atoms with E-state index in [9.17, 15) is 0 Å². The first kappa shape index (κ1) is 11.2. The summed E-state index contributed by atoms with van der Waals surface area (Å²) in [6, 6.07) is 5.78. The van der Waals surface area contributed by atoms with Crippen molar-refractivity contribution in [2.75, 3.05) is 6.61 Å². The Bertz CT molecular complexity index is 291. The van der Waals surface area contributed by atoms with Crippen molar-refractivity contribution in [3.05, 3.63) is 32.7 Å². The monoisotopic (exact) mass is 307 g/mol. The van der Waals surface area contributed by atoms with Gasteiger partial charge in [-0.3, -0.25) is 0 Å². The molecular weight excluding hydrogens is 298 g/mol. The fraction of sp³-hybridized carbons (Fsp3) is 0.333. The van der Waals surface area contributed by atoms with Gasteiger partial charge in [-0.2, -0.15) is 0 Å². The maximum Gasteiger partial charge on any atom is 0.0585 e. The molecule has 0 saturated carbocycles. The number of aliphatic hydroxyl groups is 1. The summed E-state index contributed by atoms with van der Waals surface area (Å²) in [5.74, 6) is 0. The zero-order valence-corrected chi connectivity index (χ0v) is 10.2. The van der Waals surface area contributed by atoms with Crippen molar-refractivity contribution in [1.82, 2.24) is 0 Å². The van der Waals surface area contributed by atoms with Crippen LogP contribution < -0.4 is 5.73 Å². The lowest BCUT2D eigenvalue weighted by Gasteiger charge is -2.08. The summed E-state index contributed by atoms with van der Waals surface area (Å²) in [7, 11) is 0. The molecule has 0 spiro atoms. The third-order valence-electron chi connectivity index (χ3n) is 1.72. The summed E-state index contributed by atoms with van der Waals surface area (Å²) in [6.07, 6.45) is 0.697. The Balaban J connectivity index is 2.73. The smallest absolute Gasteiger partial charge is 0.0585 e. The van der Waals surface area contributed by atoms with Gasteiger partial charge in [0, 0.05) is 15.0 Å². The summed E-state index contributed by atoms with van der Waals surface area (Å²) >= 11 is 6.79. The molecule has 0 aliphatic carbocycles. The van der Waals surface area contributed by atoms with E-state index in [1.807, 2.05) is 18.2 Å². The molecule has 0 amide bonds. The summed E-state index contributed by atoms with van der Waals surface area (Å²) < 4.78 is 2.03. The van der Waals surface area contributed by atoms with Gasteiger partial charge in [0.1, 0.15) is 0 Å². The van der Waals surface area contributed by atoms with Crippen molar-refractivity contribution in [3.8, 4) is 0 Å². The Morgan fingerprint density at radius 1 is 1.31 bits per heavy atom. The van der Waals surface area contributed by atoms with Crippen LogP contribution in [0.3, 0.4) is 0 Å². The highest BCUT2D eigenvalue weighted by Gasteiger charge is 2.03. The maximum absolute atomic E-state index is 8.77. The lowest BCUT2D eigenvalue weighted by molar-refractivity contribution is 0.265. The molecule has 0 aromatic heterocycles. The molecule has 0 aliphatic rings. The van der Waals surface area contributed by atoms with Crippen molar-refractivity contribution in [1.29, 1.82) is 0 Å². The number of aliphatic hydroxyl groups excluding tert-OH is 1. The van der Waals surface area contributed by atoms with Gasteiger partial charge >= 0.3 is 0 Å². The molecule has 0 bridgehead atoms. The molecule has 1 atom stereocenters. The molecule has 0 aliphatic heterocycles. The first-order chi connectivity index (χ1) is 6.13. The zero-order chi connectivity index (χ0) is 9.84. The van der Waals surface area contributed by atoms with E-state index in [1.54, 1.807) is 0 Å². The highest BCUT2D eigenvalue weighted by atomic mass is 79.9. The molecule has 72 valence electrons. The number of rotatable bonds is 3. The highest BCUT2D eigenvalue weighted by molar-refractivity contribution is 9.13. The number of hydrogen-bond donors (Lipinski definition) is 2. The molecule has 0 fully saturated rings. The van der Waals surface area contributed by atoms with Crippen molar-refractivity contribution in [2.24, 2.45) is 5.73 Å². The molecule has 13 heavy (non-hydrogen) atoms. The molecule has 1 aromatic rings. The van der Waals surface area contributed by atoms with Crippen molar-refractivity contribution in [3.63, 3.8) is 0 Å². The Morgan fingerprint density at radius 2 is 2.00 bits per heavy atom. The van der Waals surface area contributed by atoms with Crippen molar-refractivity contribution < 1.29 is 5.11 Å². The molecule has 1 aromatic carbocycles. The van der Waals surface area contributed by atoms with E-state index in [0.29, 0.717) is 6.42 Å². The number of benzene rings is 1. The first-order valence-electron chi connectivity index (χ1n) is 3.94. The van der Waals surface area contributed by atoms with Gasteiger partial charge in [-0.05, 0) is 56.0 Å². The van der Waals surface area contributed by atoms with Crippen LogP contribution in [0.25, 0.3) is 0 Å². The predicted molar refractivity (Wildman–Crippen MR) is 60.6 cm³/mol. The Hall–Kier alpha value is 0.1000. The highest BCUT2D eigenvalue weighted by Crippen LogP contribution is 2.24. The van der Waals surface area contributed by atoms with Gasteiger partial charge < -0.3 is 10.8 Å². The van der Waals surface area contributed by atoms with Crippen LogP contribution in [0.1, 0.15) is 5.56 Å². The molecule has 1 rings (SSSR count). The van der Waals surface area contributed by atoms with Gasteiger partial charge in [0.05, 0.1) is 6.61 Å². The van der Waals surface area contributed by atoms with E-state index in [0.717, 1.165) is 14.5 Å². The van der Waals surface area contributed by atoms with E-state index < -0.39 is 0 Å². The summed E-state index contributed by atoms with van der Waals surface area (Å²) in [5, 5.41) is 8.77. The second-order valence-corrected chi connectivity index (χ2v) is 4.60. The lowest BCUT2D eigenvalue weighted by atomic mass is 10.1. The quantitative estimate of drug-likeness (QED) is 0.898. The van der Waals surface area contributed by atoms with E-state index in [-0.39, 0.29) is 12.6 Å². The summed E-state index contributed by atoms with van der Waals surface area (Å²) in [4.78, 5) is 0. The molecule has 0 saturated heterocycles. The van der Waals surface area contributed by atoms with Crippen LogP contribution in [0.4, 0.5) is 0 Å². The van der Waals surface area contributed by atoms with Crippen LogP contribution in [0.15, 0.2) is 27.1 Å². The van der Waals surface area contributed by atoms with Crippen molar-refractivity contribution in [2.45, 2.75) is 12.5 Å². The molecule has 1 unspecified atom stereocenters. The fourth-order valence-corrected chi connectivity index (χ4v) is 1.71. The van der Waals surface area contributed by atoms with Crippen LogP contribution in [0.5, 0.6) is 0 Å². The van der Waals surface area contributed by atoms with Crippen LogP contribution in [-0.4, -0.2) is 17.8 Å². The third-order valence-corrected chi connectivity index (χ3v) is 3.60. The van der Waals surface area contributed by atoms with Gasteiger partial charge in [0.15, 0.2) is 0 Å². The summed E-state index contributed by atoms with van der Waals surface area (Å²) in [6.45, 7) is 0.0215. The van der Waals surface area contributed by atoms with E-state index in [2.05, 4.69) is 31.9 Å². The van der Waals surface area contributed by atoms with E-state index >= 15 is 0 Å². The third kappa shape index (κ3) is 3.38. The zero-order valence-electron chi connectivity index (χ0n) is 7.00. The summed E-state index contributed by atoms with van der Waals surface area (Å²) in [5.41, 5.74) is 6.74. The van der Waals surface area contributed by atoms with Crippen LogP contribution in [0.2, 0.25) is 0 Å². The van der Waals surface area contributed by atoms with Gasteiger partial charge in [-0.1, -0.05) is 6.07 Å². The minimum absolute atomic E-state index is 0.0215. The second kappa shape index (κ2) is 5.10. The standard InChI is InChI=1S/C9H11Br2NO/c10-8-2-1-6(4-9(8)11)3-7(12)5-13/h1-2,4,7,13H,3,5,12H2. The normalized spacial score (nSPS) is 12.9. The molecule has 4 heteroatoms. The molecule has 3 N–H and O–H groups in total. The largest absolute Gasteiger partial charge is 0.395 e.